The van der Waals surface area contributed by atoms with Gasteiger partial charge in [-0.2, -0.15) is 0 Å². The number of unbranched alkanes of at least 4 members (excludes halogenated alkanes) is 10. The van der Waals surface area contributed by atoms with Crippen LogP contribution in [0.1, 0.15) is 103 Å². The molecule has 0 fully saturated rings. The van der Waals surface area contributed by atoms with Gasteiger partial charge in [-0.25, -0.2) is 0 Å². The van der Waals surface area contributed by atoms with Crippen LogP contribution in [0.15, 0.2) is 24.3 Å². The predicted octanol–water partition coefficient (Wildman–Crippen LogP) is 5.97. The highest BCUT2D eigenvalue weighted by atomic mass is 16.4. The number of nitrogens with two attached hydrogens (primary N) is 1. The molecule has 4 N–H and O–H groups in total. The van der Waals surface area contributed by atoms with E-state index in [0.29, 0.717) is 13.0 Å². The van der Waals surface area contributed by atoms with E-state index in [2.05, 4.69) is 36.5 Å². The number of rotatable bonds is 21. The van der Waals surface area contributed by atoms with Crippen molar-refractivity contribution in [1.82, 2.24) is 5.32 Å². The van der Waals surface area contributed by atoms with E-state index < -0.39 is 12.0 Å². The smallest absolute Gasteiger partial charge is 0.320 e. The average Bonchev–Trinajstić information content (AvgIpc) is 2.68. The summed E-state index contributed by atoms with van der Waals surface area (Å²) in [5.74, 6) is -0.739. The van der Waals surface area contributed by atoms with E-state index in [1.54, 1.807) is 0 Å². The maximum atomic E-state index is 11.2. The molecule has 0 amide bonds. The van der Waals surface area contributed by atoms with Crippen molar-refractivity contribution in [3.8, 4) is 0 Å². The molecule has 0 aromatic carbocycles. The fourth-order valence-corrected chi connectivity index (χ4v) is 3.20. The molecular formula is C24H46N2O2. The van der Waals surface area contributed by atoms with Gasteiger partial charge in [0.1, 0.15) is 6.04 Å². The molecule has 0 rings (SSSR count). The van der Waals surface area contributed by atoms with E-state index in [1.807, 2.05) is 0 Å². The van der Waals surface area contributed by atoms with Crippen LogP contribution in [0.2, 0.25) is 0 Å². The first-order valence-electron chi connectivity index (χ1n) is 11.7. The van der Waals surface area contributed by atoms with Gasteiger partial charge < -0.3 is 16.2 Å². The highest BCUT2D eigenvalue weighted by Gasteiger charge is 2.15. The normalized spacial score (nSPS) is 12.9. The molecule has 0 aliphatic rings. The summed E-state index contributed by atoms with van der Waals surface area (Å²) in [5.41, 5.74) is 5.46. The third-order valence-electron chi connectivity index (χ3n) is 5.01. The summed E-state index contributed by atoms with van der Waals surface area (Å²) in [6, 6.07) is -0.412. The molecule has 0 spiro atoms. The minimum absolute atomic E-state index is 0.412. The molecule has 0 heterocycles. The number of hydrogen-bond donors (Lipinski definition) is 3. The lowest BCUT2D eigenvalue weighted by Crippen LogP contribution is -2.37. The van der Waals surface area contributed by atoms with Gasteiger partial charge in [0.2, 0.25) is 0 Å². The van der Waals surface area contributed by atoms with Crippen LogP contribution in [-0.4, -0.2) is 30.2 Å². The second kappa shape index (κ2) is 22.2. The lowest BCUT2D eigenvalue weighted by atomic mass is 10.1. The summed E-state index contributed by atoms with van der Waals surface area (Å²) >= 11 is 0. The molecule has 0 saturated carbocycles. The predicted molar refractivity (Wildman–Crippen MR) is 122 cm³/mol. The molecule has 0 radical (unpaired) electrons. The molecule has 164 valence electrons. The number of hydrogen-bond acceptors (Lipinski definition) is 3. The highest BCUT2D eigenvalue weighted by Crippen LogP contribution is 2.08. The summed E-state index contributed by atoms with van der Waals surface area (Å²) in [6.45, 7) is 3.68. The molecule has 4 heteroatoms. The molecule has 0 unspecified atom stereocenters. The van der Waals surface area contributed by atoms with Gasteiger partial charge in [-0.15, -0.1) is 0 Å². The van der Waals surface area contributed by atoms with Crippen molar-refractivity contribution in [2.75, 3.05) is 13.1 Å². The fraction of sp³-hybridized carbons (Fsp3) is 0.792. The zero-order valence-corrected chi connectivity index (χ0v) is 18.3. The molecule has 0 aromatic heterocycles. The molecule has 0 aliphatic heterocycles. The van der Waals surface area contributed by atoms with Crippen molar-refractivity contribution in [2.45, 2.75) is 109 Å². The van der Waals surface area contributed by atoms with Gasteiger partial charge in [0.05, 0.1) is 0 Å². The number of carboxylic acid groups (broad SMARTS) is 1. The summed E-state index contributed by atoms with van der Waals surface area (Å²) in [6.07, 6.45) is 26.4. The Bertz CT molecular complexity index is 394. The standard InChI is InChI=1S/C24H46N2O2/c1-2-3-4-5-6-7-8-9-10-11-12-13-14-15-16-19-22-26-23(24(27)28)20-17-18-21-25/h6-7,9-10,23,26H,2-5,8,11-22,25H2,1H3,(H,27,28)/t23-/m0/s1. The van der Waals surface area contributed by atoms with Gasteiger partial charge in [0.25, 0.3) is 0 Å². The lowest BCUT2D eigenvalue weighted by Gasteiger charge is -2.14. The number of carboxylic acids is 1. The van der Waals surface area contributed by atoms with Gasteiger partial charge >= 0.3 is 5.97 Å². The number of allylic oxidation sites excluding steroid dienone is 4. The Labute approximate surface area is 174 Å². The summed E-state index contributed by atoms with van der Waals surface area (Å²) in [7, 11) is 0. The SMILES string of the molecule is CCCCCC=CCC=CCCCCCCCCN[C@@H](CCCCN)C(=O)O. The second-order valence-electron chi connectivity index (χ2n) is 7.71. The van der Waals surface area contributed by atoms with Crippen LogP contribution in [0.4, 0.5) is 0 Å². The van der Waals surface area contributed by atoms with E-state index >= 15 is 0 Å². The third kappa shape index (κ3) is 19.6. The van der Waals surface area contributed by atoms with E-state index in [9.17, 15) is 9.90 Å². The number of carbonyl (C=O) groups is 1. The molecule has 28 heavy (non-hydrogen) atoms. The minimum atomic E-state index is -0.739. The van der Waals surface area contributed by atoms with Gasteiger partial charge in [-0.05, 0) is 64.5 Å². The van der Waals surface area contributed by atoms with Gasteiger partial charge in [-0.3, -0.25) is 4.79 Å². The number of aliphatic carboxylic acids is 1. The maximum Gasteiger partial charge on any atom is 0.320 e. The zero-order chi connectivity index (χ0) is 20.7. The molecule has 0 aliphatic carbocycles. The Morgan fingerprint density at radius 2 is 1.46 bits per heavy atom. The van der Waals surface area contributed by atoms with Crippen molar-refractivity contribution >= 4 is 5.97 Å². The number of nitrogens with one attached hydrogen (secondary N) is 1. The Kier molecular flexibility index (Phi) is 21.3. The first-order valence-corrected chi connectivity index (χ1v) is 11.7. The quantitative estimate of drug-likeness (QED) is 0.165. The summed E-state index contributed by atoms with van der Waals surface area (Å²) in [5, 5.41) is 12.4. The first-order chi connectivity index (χ1) is 13.7. The third-order valence-corrected chi connectivity index (χ3v) is 5.01. The monoisotopic (exact) mass is 394 g/mol. The molecule has 0 saturated heterocycles. The van der Waals surface area contributed by atoms with Crippen molar-refractivity contribution in [3.05, 3.63) is 24.3 Å². The second-order valence-corrected chi connectivity index (χ2v) is 7.71. The van der Waals surface area contributed by atoms with Crippen LogP contribution in [0, 0.1) is 0 Å². The van der Waals surface area contributed by atoms with E-state index in [1.165, 1.54) is 64.2 Å². The van der Waals surface area contributed by atoms with Gasteiger partial charge in [-0.1, -0.05) is 76.2 Å². The Hall–Kier alpha value is -1.13. The first kappa shape index (κ1) is 26.9. The molecule has 4 nitrogen and oxygen atoms in total. The van der Waals surface area contributed by atoms with Crippen LogP contribution in [0.25, 0.3) is 0 Å². The van der Waals surface area contributed by atoms with Crippen molar-refractivity contribution in [1.29, 1.82) is 0 Å². The van der Waals surface area contributed by atoms with Crippen molar-refractivity contribution in [2.24, 2.45) is 5.73 Å². The largest absolute Gasteiger partial charge is 0.480 e. The van der Waals surface area contributed by atoms with Crippen molar-refractivity contribution < 1.29 is 9.90 Å². The van der Waals surface area contributed by atoms with Crippen LogP contribution < -0.4 is 11.1 Å². The summed E-state index contributed by atoms with van der Waals surface area (Å²) < 4.78 is 0. The van der Waals surface area contributed by atoms with Crippen molar-refractivity contribution in [3.63, 3.8) is 0 Å². The molecule has 0 bridgehead atoms. The Balaban J connectivity index is 3.40. The average molecular weight is 395 g/mol. The molecule has 0 aromatic rings. The highest BCUT2D eigenvalue weighted by molar-refractivity contribution is 5.73. The topological polar surface area (TPSA) is 75.3 Å². The van der Waals surface area contributed by atoms with Crippen LogP contribution in [0.5, 0.6) is 0 Å². The van der Waals surface area contributed by atoms with E-state index in [4.69, 9.17) is 5.73 Å². The van der Waals surface area contributed by atoms with Gasteiger partial charge in [0.15, 0.2) is 0 Å². The van der Waals surface area contributed by atoms with Crippen LogP contribution in [-0.2, 0) is 4.79 Å². The minimum Gasteiger partial charge on any atom is -0.480 e. The summed E-state index contributed by atoms with van der Waals surface area (Å²) in [4.78, 5) is 11.2. The van der Waals surface area contributed by atoms with E-state index in [0.717, 1.165) is 32.2 Å². The zero-order valence-electron chi connectivity index (χ0n) is 18.3. The van der Waals surface area contributed by atoms with E-state index in [-0.39, 0.29) is 0 Å². The fourth-order valence-electron chi connectivity index (χ4n) is 3.20. The molecular weight excluding hydrogens is 348 g/mol. The lowest BCUT2D eigenvalue weighted by molar-refractivity contribution is -0.139. The van der Waals surface area contributed by atoms with Crippen LogP contribution >= 0.6 is 0 Å². The van der Waals surface area contributed by atoms with Gasteiger partial charge in [0, 0.05) is 0 Å². The maximum absolute atomic E-state index is 11.2. The molecule has 1 atom stereocenters. The van der Waals surface area contributed by atoms with Crippen LogP contribution in [0.3, 0.4) is 0 Å². The Morgan fingerprint density at radius 3 is 2.07 bits per heavy atom. The Morgan fingerprint density at radius 1 is 0.857 bits per heavy atom.